The molecular formula is C11H18N2O. The predicted molar refractivity (Wildman–Crippen MR) is 57.4 cm³/mol. The van der Waals surface area contributed by atoms with Crippen molar-refractivity contribution in [2.75, 3.05) is 6.54 Å². The smallest absolute Gasteiger partial charge is 0.123 e. The second-order valence-electron chi connectivity index (χ2n) is 4.24. The quantitative estimate of drug-likeness (QED) is 0.797. The fourth-order valence-corrected chi connectivity index (χ4v) is 1.16. The van der Waals surface area contributed by atoms with E-state index in [1.165, 1.54) is 0 Å². The van der Waals surface area contributed by atoms with E-state index in [0.29, 0.717) is 6.54 Å². The minimum Gasteiger partial charge on any atom is -0.488 e. The maximum absolute atomic E-state index is 5.71. The molecule has 3 heteroatoms. The molecule has 0 spiro atoms. The molecule has 3 nitrogen and oxygen atoms in total. The van der Waals surface area contributed by atoms with Crippen LogP contribution in [0.3, 0.4) is 0 Å². The lowest BCUT2D eigenvalue weighted by Crippen LogP contribution is -2.23. The molecule has 0 saturated carbocycles. The van der Waals surface area contributed by atoms with Crippen LogP contribution in [0, 0.1) is 0 Å². The molecule has 1 aromatic heterocycles. The van der Waals surface area contributed by atoms with E-state index >= 15 is 0 Å². The van der Waals surface area contributed by atoms with Gasteiger partial charge in [0, 0.05) is 24.4 Å². The van der Waals surface area contributed by atoms with Gasteiger partial charge in [-0.3, -0.25) is 4.98 Å². The summed E-state index contributed by atoms with van der Waals surface area (Å²) >= 11 is 0. The second-order valence-corrected chi connectivity index (χ2v) is 4.24. The van der Waals surface area contributed by atoms with Crippen LogP contribution in [0.25, 0.3) is 0 Å². The molecular weight excluding hydrogens is 176 g/mol. The monoisotopic (exact) mass is 194 g/mol. The predicted octanol–water partition coefficient (Wildman–Crippen LogP) is 1.76. The molecule has 0 aromatic carbocycles. The first-order chi connectivity index (χ1) is 6.51. The topological polar surface area (TPSA) is 48.1 Å². The Balaban J connectivity index is 2.73. The van der Waals surface area contributed by atoms with Gasteiger partial charge in [-0.25, -0.2) is 0 Å². The number of hydrogen-bond donors (Lipinski definition) is 1. The molecule has 1 aromatic rings. The van der Waals surface area contributed by atoms with Crippen LogP contribution in [0.1, 0.15) is 26.5 Å². The zero-order valence-corrected chi connectivity index (χ0v) is 9.08. The van der Waals surface area contributed by atoms with Crippen molar-refractivity contribution in [3.63, 3.8) is 0 Å². The first-order valence-electron chi connectivity index (χ1n) is 4.85. The fraction of sp³-hybridized carbons (Fsp3) is 0.545. The van der Waals surface area contributed by atoms with E-state index in [-0.39, 0.29) is 5.60 Å². The Morgan fingerprint density at radius 1 is 1.43 bits per heavy atom. The molecule has 0 amide bonds. The maximum atomic E-state index is 5.71. The molecule has 0 aliphatic rings. The Labute approximate surface area is 85.3 Å². The first-order valence-corrected chi connectivity index (χ1v) is 4.85. The van der Waals surface area contributed by atoms with Gasteiger partial charge in [0.1, 0.15) is 11.4 Å². The van der Waals surface area contributed by atoms with Crippen LogP contribution in [0.15, 0.2) is 18.3 Å². The molecule has 1 heterocycles. The van der Waals surface area contributed by atoms with Crippen LogP contribution < -0.4 is 10.5 Å². The highest BCUT2D eigenvalue weighted by molar-refractivity contribution is 5.23. The molecule has 78 valence electrons. The fourth-order valence-electron chi connectivity index (χ4n) is 1.16. The van der Waals surface area contributed by atoms with Gasteiger partial charge in [0.15, 0.2) is 0 Å². The van der Waals surface area contributed by atoms with Gasteiger partial charge < -0.3 is 10.5 Å². The molecule has 0 atom stereocenters. The molecule has 14 heavy (non-hydrogen) atoms. The summed E-state index contributed by atoms with van der Waals surface area (Å²) in [7, 11) is 0. The SMILES string of the molecule is CC(C)(C)Oc1ccnc(CCN)c1. The number of aromatic nitrogens is 1. The van der Waals surface area contributed by atoms with E-state index in [2.05, 4.69) is 4.98 Å². The highest BCUT2D eigenvalue weighted by Gasteiger charge is 2.11. The highest BCUT2D eigenvalue weighted by atomic mass is 16.5. The van der Waals surface area contributed by atoms with E-state index in [0.717, 1.165) is 17.9 Å². The number of ether oxygens (including phenoxy) is 1. The lowest BCUT2D eigenvalue weighted by Gasteiger charge is -2.21. The Kier molecular flexibility index (Phi) is 3.47. The standard InChI is InChI=1S/C11H18N2O/c1-11(2,3)14-10-5-7-13-9(8-10)4-6-12/h5,7-8H,4,6,12H2,1-3H3. The average molecular weight is 194 g/mol. The summed E-state index contributed by atoms with van der Waals surface area (Å²) in [5.41, 5.74) is 6.27. The van der Waals surface area contributed by atoms with E-state index in [1.54, 1.807) is 6.20 Å². The Morgan fingerprint density at radius 3 is 2.71 bits per heavy atom. The van der Waals surface area contributed by atoms with Crippen molar-refractivity contribution in [3.05, 3.63) is 24.0 Å². The van der Waals surface area contributed by atoms with E-state index in [4.69, 9.17) is 10.5 Å². The molecule has 0 unspecified atom stereocenters. The summed E-state index contributed by atoms with van der Waals surface area (Å²) in [6, 6.07) is 3.81. The zero-order valence-electron chi connectivity index (χ0n) is 9.08. The van der Waals surface area contributed by atoms with E-state index < -0.39 is 0 Å². The average Bonchev–Trinajstić information content (AvgIpc) is 2.02. The number of rotatable bonds is 3. The van der Waals surface area contributed by atoms with Crippen LogP contribution in [0.4, 0.5) is 0 Å². The molecule has 0 fully saturated rings. The van der Waals surface area contributed by atoms with Gasteiger partial charge in [-0.1, -0.05) is 0 Å². The van der Waals surface area contributed by atoms with Gasteiger partial charge in [0.25, 0.3) is 0 Å². The minimum atomic E-state index is -0.165. The van der Waals surface area contributed by atoms with Crippen molar-refractivity contribution in [1.82, 2.24) is 4.98 Å². The lowest BCUT2D eigenvalue weighted by molar-refractivity contribution is 0.130. The summed E-state index contributed by atoms with van der Waals surface area (Å²) in [4.78, 5) is 4.20. The molecule has 0 bridgehead atoms. The summed E-state index contributed by atoms with van der Waals surface area (Å²) < 4.78 is 5.71. The van der Waals surface area contributed by atoms with Crippen molar-refractivity contribution < 1.29 is 4.74 Å². The van der Waals surface area contributed by atoms with E-state index in [1.807, 2.05) is 32.9 Å². The minimum absolute atomic E-state index is 0.165. The molecule has 1 rings (SSSR count). The highest BCUT2D eigenvalue weighted by Crippen LogP contribution is 2.17. The van der Waals surface area contributed by atoms with Crippen LogP contribution >= 0.6 is 0 Å². The molecule has 2 N–H and O–H groups in total. The first kappa shape index (κ1) is 11.0. The van der Waals surface area contributed by atoms with Gasteiger partial charge in [-0.05, 0) is 33.4 Å². The molecule has 0 radical (unpaired) electrons. The third-order valence-electron chi connectivity index (χ3n) is 1.61. The second kappa shape index (κ2) is 4.42. The van der Waals surface area contributed by atoms with Gasteiger partial charge in [0.05, 0.1) is 0 Å². The lowest BCUT2D eigenvalue weighted by atomic mass is 10.2. The van der Waals surface area contributed by atoms with Crippen LogP contribution in [0.2, 0.25) is 0 Å². The van der Waals surface area contributed by atoms with Crippen molar-refractivity contribution in [2.24, 2.45) is 5.73 Å². The summed E-state index contributed by atoms with van der Waals surface area (Å²) in [5.74, 6) is 0.857. The van der Waals surface area contributed by atoms with Gasteiger partial charge in [0.2, 0.25) is 0 Å². The number of nitrogens with two attached hydrogens (primary N) is 1. The van der Waals surface area contributed by atoms with Crippen molar-refractivity contribution in [2.45, 2.75) is 32.8 Å². The summed E-state index contributed by atoms with van der Waals surface area (Å²) in [6.45, 7) is 6.69. The van der Waals surface area contributed by atoms with Crippen LogP contribution in [-0.4, -0.2) is 17.1 Å². The van der Waals surface area contributed by atoms with E-state index in [9.17, 15) is 0 Å². The van der Waals surface area contributed by atoms with Crippen molar-refractivity contribution in [1.29, 1.82) is 0 Å². The Bertz CT molecular complexity index is 292. The van der Waals surface area contributed by atoms with Crippen molar-refractivity contribution in [3.8, 4) is 5.75 Å². The summed E-state index contributed by atoms with van der Waals surface area (Å²) in [6.07, 6.45) is 2.55. The zero-order chi connectivity index (χ0) is 10.6. The number of hydrogen-bond acceptors (Lipinski definition) is 3. The summed E-state index contributed by atoms with van der Waals surface area (Å²) in [5, 5.41) is 0. The van der Waals surface area contributed by atoms with Crippen LogP contribution in [-0.2, 0) is 6.42 Å². The molecule has 0 aliphatic carbocycles. The molecule has 0 aliphatic heterocycles. The third kappa shape index (κ3) is 3.75. The third-order valence-corrected chi connectivity index (χ3v) is 1.61. The van der Waals surface area contributed by atoms with Gasteiger partial charge >= 0.3 is 0 Å². The van der Waals surface area contributed by atoms with Gasteiger partial charge in [-0.15, -0.1) is 0 Å². The van der Waals surface area contributed by atoms with Crippen molar-refractivity contribution >= 4 is 0 Å². The normalized spacial score (nSPS) is 11.4. The largest absolute Gasteiger partial charge is 0.488 e. The Hall–Kier alpha value is -1.09. The molecule has 0 saturated heterocycles. The number of nitrogens with zero attached hydrogens (tertiary/aromatic N) is 1. The van der Waals surface area contributed by atoms with Gasteiger partial charge in [-0.2, -0.15) is 0 Å². The van der Waals surface area contributed by atoms with Crippen LogP contribution in [0.5, 0.6) is 5.75 Å². The number of pyridine rings is 1. The Morgan fingerprint density at radius 2 is 2.14 bits per heavy atom. The maximum Gasteiger partial charge on any atom is 0.123 e.